The predicted octanol–water partition coefficient (Wildman–Crippen LogP) is 3.58. The van der Waals surface area contributed by atoms with Crippen LogP contribution in [0.2, 0.25) is 5.02 Å². The summed E-state index contributed by atoms with van der Waals surface area (Å²) in [7, 11) is 0. The van der Waals surface area contributed by atoms with Crippen molar-refractivity contribution < 1.29 is 17.9 Å². The smallest absolute Gasteiger partial charge is 0.404 e. The molecule has 0 amide bonds. The lowest BCUT2D eigenvalue weighted by Crippen LogP contribution is -2.18. The fourth-order valence-corrected chi connectivity index (χ4v) is 1.25. The second-order valence-corrected chi connectivity index (χ2v) is 3.61. The van der Waals surface area contributed by atoms with Crippen LogP contribution >= 0.6 is 27.5 Å². The van der Waals surface area contributed by atoms with Crippen molar-refractivity contribution in [2.75, 3.05) is 5.73 Å². The minimum Gasteiger partial charge on any atom is -0.404 e. The van der Waals surface area contributed by atoms with Gasteiger partial charge in [-0.1, -0.05) is 11.6 Å². The van der Waals surface area contributed by atoms with Crippen LogP contribution in [0.5, 0.6) is 5.75 Å². The van der Waals surface area contributed by atoms with E-state index < -0.39 is 12.1 Å². The van der Waals surface area contributed by atoms with Crippen molar-refractivity contribution in [1.29, 1.82) is 0 Å². The molecule has 0 radical (unpaired) electrons. The lowest BCUT2D eigenvalue weighted by Gasteiger charge is -2.11. The molecule has 0 fully saturated rings. The summed E-state index contributed by atoms with van der Waals surface area (Å²) in [4.78, 5) is 0. The highest BCUT2D eigenvalue weighted by Gasteiger charge is 2.32. The highest BCUT2D eigenvalue weighted by Crippen LogP contribution is 2.35. The number of hydrogen-bond donors (Lipinski definition) is 1. The number of anilines is 1. The summed E-state index contributed by atoms with van der Waals surface area (Å²) >= 11 is 8.55. The van der Waals surface area contributed by atoms with Gasteiger partial charge in [0, 0.05) is 4.47 Å². The molecule has 0 aliphatic rings. The van der Waals surface area contributed by atoms with Crippen LogP contribution in [0.25, 0.3) is 0 Å². The summed E-state index contributed by atoms with van der Waals surface area (Å²) < 4.78 is 39.4. The summed E-state index contributed by atoms with van der Waals surface area (Å²) in [5, 5.41) is 0.219. The van der Waals surface area contributed by atoms with Gasteiger partial charge < -0.3 is 10.5 Å². The number of halogens is 5. The van der Waals surface area contributed by atoms with Gasteiger partial charge in [-0.25, -0.2) is 0 Å². The Labute approximate surface area is 90.9 Å². The fraction of sp³-hybridized carbons (Fsp3) is 0.143. The van der Waals surface area contributed by atoms with Crippen molar-refractivity contribution in [2.45, 2.75) is 6.36 Å². The fourth-order valence-electron chi connectivity index (χ4n) is 0.757. The minimum atomic E-state index is -4.76. The van der Waals surface area contributed by atoms with Gasteiger partial charge in [0.1, 0.15) is 0 Å². The average molecular weight is 290 g/mol. The van der Waals surface area contributed by atoms with Crippen LogP contribution in [0, 0.1) is 0 Å². The molecule has 2 N–H and O–H groups in total. The van der Waals surface area contributed by atoms with Crippen molar-refractivity contribution in [3.8, 4) is 5.75 Å². The third-order valence-electron chi connectivity index (χ3n) is 1.28. The van der Waals surface area contributed by atoms with E-state index in [9.17, 15) is 13.2 Å². The molecule has 78 valence electrons. The third-order valence-corrected chi connectivity index (χ3v) is 2.48. The highest BCUT2D eigenvalue weighted by atomic mass is 79.9. The molecule has 1 aromatic rings. The zero-order valence-electron chi connectivity index (χ0n) is 6.53. The van der Waals surface area contributed by atoms with Crippen LogP contribution in [0.15, 0.2) is 16.6 Å². The zero-order valence-corrected chi connectivity index (χ0v) is 8.87. The monoisotopic (exact) mass is 289 g/mol. The third kappa shape index (κ3) is 2.95. The molecule has 0 saturated heterocycles. The first-order chi connectivity index (χ1) is 6.29. The van der Waals surface area contributed by atoms with Crippen LogP contribution in [0.4, 0.5) is 18.9 Å². The molecule has 1 aromatic carbocycles. The van der Waals surface area contributed by atoms with Crippen molar-refractivity contribution >= 4 is 33.2 Å². The maximum Gasteiger partial charge on any atom is 0.573 e. The van der Waals surface area contributed by atoms with Crippen LogP contribution in [0.3, 0.4) is 0 Å². The number of ether oxygens (including phenoxy) is 1. The number of alkyl halides is 3. The Balaban J connectivity index is 3.04. The molecule has 0 heterocycles. The summed E-state index contributed by atoms with van der Waals surface area (Å²) in [6.07, 6.45) is -4.76. The van der Waals surface area contributed by atoms with Crippen molar-refractivity contribution in [2.24, 2.45) is 0 Å². The molecule has 0 atom stereocenters. The highest BCUT2D eigenvalue weighted by molar-refractivity contribution is 9.10. The first-order valence-corrected chi connectivity index (χ1v) is 4.47. The SMILES string of the molecule is Nc1cc(Cl)c(Br)cc1OC(F)(F)F. The Kier molecular flexibility index (Phi) is 3.16. The van der Waals surface area contributed by atoms with Crippen LogP contribution in [0.1, 0.15) is 0 Å². The van der Waals surface area contributed by atoms with Gasteiger partial charge in [-0.2, -0.15) is 0 Å². The van der Waals surface area contributed by atoms with Gasteiger partial charge in [0.25, 0.3) is 0 Å². The van der Waals surface area contributed by atoms with Gasteiger partial charge in [-0.05, 0) is 28.1 Å². The van der Waals surface area contributed by atoms with E-state index in [1.54, 1.807) is 0 Å². The van der Waals surface area contributed by atoms with Crippen LogP contribution in [-0.4, -0.2) is 6.36 Å². The van der Waals surface area contributed by atoms with Crippen molar-refractivity contribution in [3.05, 3.63) is 21.6 Å². The number of nitrogens with two attached hydrogens (primary N) is 1. The molecule has 0 spiro atoms. The normalized spacial score (nSPS) is 11.5. The summed E-state index contributed by atoms with van der Waals surface area (Å²) in [6.45, 7) is 0. The molecule has 0 aliphatic heterocycles. The Bertz CT molecular complexity index is 356. The molecule has 0 aromatic heterocycles. The lowest BCUT2D eigenvalue weighted by molar-refractivity contribution is -0.274. The molecular weight excluding hydrogens is 286 g/mol. The van der Waals surface area contributed by atoms with Crippen molar-refractivity contribution in [3.63, 3.8) is 0 Å². The molecule has 14 heavy (non-hydrogen) atoms. The van der Waals surface area contributed by atoms with Crippen LogP contribution < -0.4 is 10.5 Å². The van der Waals surface area contributed by atoms with Gasteiger partial charge in [0.05, 0.1) is 10.7 Å². The second-order valence-electron chi connectivity index (χ2n) is 2.35. The molecule has 1 rings (SSSR count). The summed E-state index contributed by atoms with van der Waals surface area (Å²) in [6, 6.07) is 2.23. The minimum absolute atomic E-state index is 0.171. The molecule has 0 saturated carbocycles. The topological polar surface area (TPSA) is 35.2 Å². The predicted molar refractivity (Wildman–Crippen MR) is 50.2 cm³/mol. The Morgan fingerprint density at radius 3 is 2.43 bits per heavy atom. The van der Waals surface area contributed by atoms with Gasteiger partial charge >= 0.3 is 6.36 Å². The number of nitrogen functional groups attached to an aromatic ring is 1. The molecule has 0 bridgehead atoms. The van der Waals surface area contributed by atoms with E-state index >= 15 is 0 Å². The number of rotatable bonds is 1. The van der Waals surface area contributed by atoms with E-state index in [4.69, 9.17) is 17.3 Å². The Hall–Kier alpha value is -0.620. The Morgan fingerprint density at radius 1 is 1.36 bits per heavy atom. The summed E-state index contributed by atoms with van der Waals surface area (Å²) in [5.74, 6) is -0.478. The molecule has 0 aliphatic carbocycles. The van der Waals surface area contributed by atoms with Crippen LogP contribution in [-0.2, 0) is 0 Å². The van der Waals surface area contributed by atoms with E-state index in [-0.39, 0.29) is 15.2 Å². The maximum atomic E-state index is 11.8. The lowest BCUT2D eigenvalue weighted by atomic mass is 10.3. The van der Waals surface area contributed by atoms with Gasteiger partial charge in [-0.15, -0.1) is 13.2 Å². The van der Waals surface area contributed by atoms with E-state index in [1.165, 1.54) is 6.07 Å². The maximum absolute atomic E-state index is 11.8. The Morgan fingerprint density at radius 2 is 1.93 bits per heavy atom. The first-order valence-electron chi connectivity index (χ1n) is 3.30. The number of benzene rings is 1. The second kappa shape index (κ2) is 3.86. The van der Waals surface area contributed by atoms with Gasteiger partial charge in [-0.3, -0.25) is 0 Å². The number of hydrogen-bond acceptors (Lipinski definition) is 2. The first kappa shape index (κ1) is 11.5. The molecule has 7 heteroatoms. The van der Waals surface area contributed by atoms with Gasteiger partial charge in [0.15, 0.2) is 5.75 Å². The summed E-state index contributed by atoms with van der Waals surface area (Å²) in [5.41, 5.74) is 5.10. The molecular formula is C7H4BrClF3NO. The molecule has 2 nitrogen and oxygen atoms in total. The van der Waals surface area contributed by atoms with E-state index in [1.807, 2.05) is 0 Å². The van der Waals surface area contributed by atoms with E-state index in [0.29, 0.717) is 0 Å². The quantitative estimate of drug-likeness (QED) is 0.802. The van der Waals surface area contributed by atoms with E-state index in [2.05, 4.69) is 20.7 Å². The standard InChI is InChI=1S/C7H4BrClF3NO/c8-3-1-6(14-7(10,11)12)5(13)2-4(3)9/h1-2H,13H2. The van der Waals surface area contributed by atoms with Crippen molar-refractivity contribution in [1.82, 2.24) is 0 Å². The van der Waals surface area contributed by atoms with E-state index in [0.717, 1.165) is 6.07 Å². The van der Waals surface area contributed by atoms with Gasteiger partial charge in [0.2, 0.25) is 0 Å². The molecule has 0 unspecified atom stereocenters. The zero-order chi connectivity index (χ0) is 10.9. The largest absolute Gasteiger partial charge is 0.573 e. The average Bonchev–Trinajstić information content (AvgIpc) is 1.97.